The normalized spacial score (nSPS) is 10.1. The van der Waals surface area contributed by atoms with E-state index in [1.807, 2.05) is 0 Å². The second-order valence-electron chi connectivity index (χ2n) is 1.63. The van der Waals surface area contributed by atoms with Crippen molar-refractivity contribution in [3.8, 4) is 0 Å². The maximum absolute atomic E-state index is 8.52. The van der Waals surface area contributed by atoms with Crippen molar-refractivity contribution in [3.63, 3.8) is 0 Å². The van der Waals surface area contributed by atoms with Crippen LogP contribution in [0.5, 0.6) is 0 Å². The van der Waals surface area contributed by atoms with E-state index in [2.05, 4.69) is 0 Å². The van der Waals surface area contributed by atoms with Crippen LogP contribution in [0.25, 0.3) is 0 Å². The molecule has 0 amide bonds. The maximum atomic E-state index is 8.52. The molecule has 0 spiro atoms. The number of hydrogen-bond donors (Lipinski definition) is 0. The largest absolute Gasteiger partial charge is 4.00 e. The van der Waals surface area contributed by atoms with Crippen LogP contribution in [0.15, 0.2) is 0 Å². The van der Waals surface area contributed by atoms with Crippen LogP contribution >= 0.6 is 0 Å². The van der Waals surface area contributed by atoms with Gasteiger partial charge in [-0.15, -0.1) is 0 Å². The van der Waals surface area contributed by atoms with E-state index in [0.29, 0.717) is 0 Å². The molecule has 0 rings (SSSR count). The Hall–Kier alpha value is 1.25. The van der Waals surface area contributed by atoms with Gasteiger partial charge in [-0.05, 0) is 0 Å². The van der Waals surface area contributed by atoms with Gasteiger partial charge < -0.3 is 41.9 Å². The summed E-state index contributed by atoms with van der Waals surface area (Å²) in [6, 6.07) is 0. The molecule has 0 bridgehead atoms. The quantitative estimate of drug-likeness (QED) is 0.128. The van der Waals surface area contributed by atoms with Crippen LogP contribution in [0.1, 0.15) is 0 Å². The zero-order chi connectivity index (χ0) is 18.0. The van der Waals surface area contributed by atoms with Gasteiger partial charge in [-0.3, -0.25) is 33.7 Å². The Kier molecular flexibility index (Phi) is 34.6. The molecule has 23 heteroatoms. The van der Waals surface area contributed by atoms with E-state index < -0.39 is 41.6 Å². The molecule has 4 N–H and O–H groups in total. The molecule has 138 valence electrons. The first-order chi connectivity index (χ1) is 8.00. The van der Waals surface area contributed by atoms with Gasteiger partial charge in [0.05, 0.1) is 0 Å². The molecule has 0 saturated heterocycles. The van der Waals surface area contributed by atoms with Gasteiger partial charge in [0, 0.05) is 41.6 Å². The van der Waals surface area contributed by atoms with Crippen LogP contribution in [0.3, 0.4) is 0 Å². The second kappa shape index (κ2) is 18.0. The molecule has 2 radical (unpaired) electrons. The summed E-state index contributed by atoms with van der Waals surface area (Å²) in [7, 11) is -20.7. The van der Waals surface area contributed by atoms with Crippen LogP contribution in [-0.2, 0) is 73.3 Å². The third-order valence-electron chi connectivity index (χ3n) is 0. The molecule has 0 aromatic carbocycles. The molecular weight excluding hydrogens is 699 g/mol. The van der Waals surface area contributed by atoms with E-state index in [-0.39, 0.29) is 59.0 Å². The third kappa shape index (κ3) is 6770. The predicted octanol–water partition coefficient (Wildman–Crippen LogP) is -6.92. The molecule has 0 aliphatic heterocycles. The fourth-order valence-corrected chi connectivity index (χ4v) is 0. The molecule has 0 saturated carbocycles. The first kappa shape index (κ1) is 44.1. The first-order valence-electron chi connectivity index (χ1n) is 2.67. The Labute approximate surface area is 169 Å². The minimum Gasteiger partial charge on any atom is -0.873 e. The van der Waals surface area contributed by atoms with Gasteiger partial charge in [0.25, 0.3) is 0 Å². The molecule has 0 heterocycles. The Balaban J connectivity index is -0.0000000284. The molecule has 0 atom stereocenters. The summed E-state index contributed by atoms with van der Waals surface area (Å²) in [5.74, 6) is 0. The van der Waals surface area contributed by atoms with Gasteiger partial charge >= 0.3 is 53.5 Å². The molecule has 0 aliphatic carbocycles. The molecule has 0 aromatic heterocycles. The van der Waals surface area contributed by atoms with Gasteiger partial charge in [0.15, 0.2) is 0 Å². The van der Waals surface area contributed by atoms with Crippen LogP contribution in [0, 0.1) is 0 Å². The summed E-state index contributed by atoms with van der Waals surface area (Å²) in [6.07, 6.45) is 0. The van der Waals surface area contributed by atoms with Crippen molar-refractivity contribution in [2.45, 2.75) is 0 Å². The molecule has 0 aliphatic rings. The van der Waals surface area contributed by atoms with Crippen molar-refractivity contribution in [1.29, 1.82) is 0 Å². The van der Waals surface area contributed by atoms with E-state index >= 15 is 0 Å². The summed E-state index contributed by atoms with van der Waals surface area (Å²) in [6.45, 7) is 0. The summed E-state index contributed by atoms with van der Waals surface area (Å²) < 4.78 is 136. The molecule has 17 nitrogen and oxygen atoms in total. The van der Waals surface area contributed by atoms with E-state index in [4.69, 9.17) is 70.1 Å². The average Bonchev–Trinajstić information content (AvgIpc) is 1.62. The second-order valence-corrected chi connectivity index (χ2v) is 4.90. The van der Waals surface area contributed by atoms with Crippen LogP contribution in [-0.4, -0.2) is 97.4 Å². The zero-order valence-corrected chi connectivity index (χ0v) is 19.5. The Bertz CT molecular complexity index is 479. The van der Waals surface area contributed by atoms with Gasteiger partial charge in [-0.25, -0.2) is 0 Å². The van der Waals surface area contributed by atoms with Crippen molar-refractivity contribution in [3.05, 3.63) is 0 Å². The van der Waals surface area contributed by atoms with E-state index in [0.717, 1.165) is 0 Å². The zero-order valence-electron chi connectivity index (χ0n) is 9.87. The van der Waals surface area contributed by atoms with E-state index in [1.54, 1.807) is 0 Å². The Morgan fingerprint density at radius 2 is 0.391 bits per heavy atom. The summed E-state index contributed by atoms with van der Waals surface area (Å²) in [5.41, 5.74) is 0. The SMILES string of the molecule is O=S(=O)([O-])[O-].O=S(=O)([O-])[O-].O=S(=O)([O-])[O-].O=S(=O)([O-])[O-].[OH4+2].[Pb+2].[Zr+4]. The van der Waals surface area contributed by atoms with Crippen molar-refractivity contribution in [2.24, 2.45) is 0 Å². The minimum atomic E-state index is -5.17. The molecule has 23 heavy (non-hydrogen) atoms. The Morgan fingerprint density at radius 1 is 0.391 bits per heavy atom. The first-order valence-corrected chi connectivity index (χ1v) is 8.00. The molecule has 0 fully saturated rings. The van der Waals surface area contributed by atoms with E-state index in [1.165, 1.54) is 0 Å². The van der Waals surface area contributed by atoms with Gasteiger partial charge in [-0.2, -0.15) is 0 Å². The van der Waals surface area contributed by atoms with Gasteiger partial charge in [0.1, 0.15) is 0 Å². The predicted molar refractivity (Wildman–Crippen MR) is 53.9 cm³/mol. The Morgan fingerprint density at radius 3 is 0.391 bits per heavy atom. The molecular formula is H4O17PbS4Zr. The van der Waals surface area contributed by atoms with E-state index in [9.17, 15) is 0 Å². The van der Waals surface area contributed by atoms with Crippen LogP contribution < -0.4 is 0 Å². The average molecular weight is 703 g/mol. The third-order valence-corrected chi connectivity index (χ3v) is 0. The van der Waals surface area contributed by atoms with Crippen molar-refractivity contribution < 1.29 is 102 Å². The van der Waals surface area contributed by atoms with Crippen molar-refractivity contribution in [1.82, 2.24) is 0 Å². The minimum absolute atomic E-state index is 0. The summed E-state index contributed by atoms with van der Waals surface area (Å²) in [5, 5.41) is 0. The van der Waals surface area contributed by atoms with Crippen molar-refractivity contribution in [2.75, 3.05) is 0 Å². The number of hydrogen-bond acceptors (Lipinski definition) is 16. The molecule has 0 aromatic rings. The van der Waals surface area contributed by atoms with Gasteiger partial charge in [0.2, 0.25) is 0 Å². The number of rotatable bonds is 0. The fraction of sp³-hybridized carbons (Fsp3) is 0. The van der Waals surface area contributed by atoms with Crippen molar-refractivity contribution >= 4 is 68.9 Å². The summed E-state index contributed by atoms with van der Waals surface area (Å²) >= 11 is 0. The smallest absolute Gasteiger partial charge is 0.873 e. The van der Waals surface area contributed by atoms with Gasteiger partial charge in [-0.1, -0.05) is 0 Å². The van der Waals surface area contributed by atoms with Crippen LogP contribution in [0.4, 0.5) is 0 Å². The summed E-state index contributed by atoms with van der Waals surface area (Å²) in [4.78, 5) is 0. The standard InChI is InChI=1S/4H2O4S.H4O.Pb.Zr/c4*1-5(2,3)4;;;/h4*(H2,1,2,3,4);1H4;;/q;;;;2*+2;+4/p-8. The molecule has 0 unspecified atom stereocenters. The topological polar surface area (TPSA) is 356 Å². The fourth-order valence-electron chi connectivity index (χ4n) is 0. The van der Waals surface area contributed by atoms with Crippen LogP contribution in [0.2, 0.25) is 0 Å². The monoisotopic (exact) mass is 702 g/mol. The maximum Gasteiger partial charge on any atom is 4.00 e.